The van der Waals surface area contributed by atoms with Gasteiger partial charge in [0.15, 0.2) is 6.61 Å². The highest BCUT2D eigenvalue weighted by molar-refractivity contribution is 5.97. The van der Waals surface area contributed by atoms with Crippen LogP contribution in [0.3, 0.4) is 0 Å². The fourth-order valence-corrected chi connectivity index (χ4v) is 2.13. The summed E-state index contributed by atoms with van der Waals surface area (Å²) in [5.74, 6) is -1.74. The summed E-state index contributed by atoms with van der Waals surface area (Å²) in [5, 5.41) is 13.6. The van der Waals surface area contributed by atoms with Gasteiger partial charge in [0.05, 0.1) is 22.7 Å². The zero-order valence-corrected chi connectivity index (χ0v) is 15.9. The third-order valence-corrected chi connectivity index (χ3v) is 3.60. The van der Waals surface area contributed by atoms with Crippen LogP contribution in [0.15, 0.2) is 18.2 Å². The molecule has 0 atom stereocenters. The molecule has 0 unspecified atom stereocenters. The number of hydrogen-bond acceptors (Lipinski definition) is 7. The van der Waals surface area contributed by atoms with Crippen molar-refractivity contribution in [1.29, 1.82) is 0 Å². The maximum absolute atomic E-state index is 12.3. The summed E-state index contributed by atoms with van der Waals surface area (Å²) < 4.78 is 4.99. The van der Waals surface area contributed by atoms with Gasteiger partial charge < -0.3 is 19.9 Å². The first-order valence-corrected chi connectivity index (χ1v) is 8.30. The van der Waals surface area contributed by atoms with Crippen molar-refractivity contribution >= 4 is 29.2 Å². The second-order valence-electron chi connectivity index (χ2n) is 6.03. The molecule has 0 saturated heterocycles. The van der Waals surface area contributed by atoms with Crippen LogP contribution in [-0.2, 0) is 14.3 Å². The van der Waals surface area contributed by atoms with Gasteiger partial charge in [-0.1, -0.05) is 6.92 Å². The second-order valence-corrected chi connectivity index (χ2v) is 6.03. The summed E-state index contributed by atoms with van der Waals surface area (Å²) in [6.07, 6.45) is 0.776. The fourth-order valence-electron chi connectivity index (χ4n) is 2.13. The molecule has 1 rings (SSSR count). The Balaban J connectivity index is 2.76. The monoisotopic (exact) mass is 380 g/mol. The summed E-state index contributed by atoms with van der Waals surface area (Å²) in [4.78, 5) is 49.0. The molecule has 1 N–H and O–H groups in total. The van der Waals surface area contributed by atoms with Gasteiger partial charge in [-0.05, 0) is 12.5 Å². The van der Waals surface area contributed by atoms with E-state index in [4.69, 9.17) is 4.74 Å². The average Bonchev–Trinajstić information content (AvgIpc) is 2.63. The quantitative estimate of drug-likeness (QED) is 0.382. The maximum Gasteiger partial charge on any atom is 0.341 e. The van der Waals surface area contributed by atoms with Gasteiger partial charge in [0.2, 0.25) is 5.91 Å². The molecule has 1 aromatic rings. The Labute approximate surface area is 157 Å². The van der Waals surface area contributed by atoms with Crippen molar-refractivity contribution in [2.24, 2.45) is 0 Å². The lowest BCUT2D eigenvalue weighted by Gasteiger charge is -2.18. The highest BCUT2D eigenvalue weighted by atomic mass is 16.6. The summed E-state index contributed by atoms with van der Waals surface area (Å²) in [5.41, 5.74) is 0.138. The minimum Gasteiger partial charge on any atom is -0.452 e. The van der Waals surface area contributed by atoms with Crippen molar-refractivity contribution in [1.82, 2.24) is 10.2 Å². The summed E-state index contributed by atoms with van der Waals surface area (Å²) in [6.45, 7) is 1.68. The molecule has 148 valence electrons. The van der Waals surface area contributed by atoms with Crippen LogP contribution in [0.25, 0.3) is 0 Å². The molecule has 0 fully saturated rings. The van der Waals surface area contributed by atoms with Crippen LogP contribution in [0.1, 0.15) is 23.7 Å². The van der Waals surface area contributed by atoms with Gasteiger partial charge in [0.1, 0.15) is 0 Å². The lowest BCUT2D eigenvalue weighted by molar-refractivity contribution is -0.384. The minimum atomic E-state index is -0.861. The van der Waals surface area contributed by atoms with E-state index in [-0.39, 0.29) is 23.7 Å². The predicted octanol–water partition coefficient (Wildman–Crippen LogP) is 0.802. The molecule has 10 heteroatoms. The van der Waals surface area contributed by atoms with E-state index in [1.807, 2.05) is 6.92 Å². The molecule has 0 aliphatic carbocycles. The Morgan fingerprint density at radius 1 is 1.22 bits per heavy atom. The zero-order valence-electron chi connectivity index (χ0n) is 15.9. The number of amides is 2. The number of non-ortho nitro benzene ring substituents is 1. The van der Waals surface area contributed by atoms with Gasteiger partial charge >= 0.3 is 5.97 Å². The Kier molecular flexibility index (Phi) is 8.18. The highest BCUT2D eigenvalue weighted by Gasteiger charge is 2.21. The largest absolute Gasteiger partial charge is 0.452 e. The normalized spacial score (nSPS) is 10.1. The van der Waals surface area contributed by atoms with Crippen LogP contribution >= 0.6 is 0 Å². The molecule has 0 aliphatic rings. The number of nitro groups is 1. The molecule has 0 aliphatic heterocycles. The number of anilines is 1. The topological polar surface area (TPSA) is 122 Å². The Bertz CT molecular complexity index is 719. The second kappa shape index (κ2) is 10.1. The SMILES string of the molecule is CCCNC(=O)CN(C)C(=O)COC(=O)c1cc([N+](=O)[O-])ccc1N(C)C. The molecule has 0 bridgehead atoms. The number of hydrogen-bond donors (Lipinski definition) is 1. The van der Waals surface area contributed by atoms with E-state index in [2.05, 4.69) is 5.32 Å². The lowest BCUT2D eigenvalue weighted by Crippen LogP contribution is -2.40. The summed E-state index contributed by atoms with van der Waals surface area (Å²) in [6, 6.07) is 3.81. The van der Waals surface area contributed by atoms with E-state index in [9.17, 15) is 24.5 Å². The van der Waals surface area contributed by atoms with E-state index in [1.54, 1.807) is 19.0 Å². The third-order valence-electron chi connectivity index (χ3n) is 3.60. The maximum atomic E-state index is 12.3. The molecule has 0 aromatic heterocycles. The third kappa shape index (κ3) is 6.57. The van der Waals surface area contributed by atoms with Crippen molar-refractivity contribution < 1.29 is 24.0 Å². The Hall–Kier alpha value is -3.17. The van der Waals surface area contributed by atoms with Gasteiger partial charge in [0, 0.05) is 39.8 Å². The van der Waals surface area contributed by atoms with Crippen LogP contribution < -0.4 is 10.2 Å². The first-order valence-electron chi connectivity index (χ1n) is 8.30. The summed E-state index contributed by atoms with van der Waals surface area (Å²) in [7, 11) is 4.76. The molecular formula is C17H24N4O6. The number of esters is 1. The lowest BCUT2D eigenvalue weighted by atomic mass is 10.1. The number of carbonyl (C=O) groups is 3. The van der Waals surface area contributed by atoms with Crippen LogP contribution in [0.5, 0.6) is 0 Å². The predicted molar refractivity (Wildman–Crippen MR) is 98.6 cm³/mol. The minimum absolute atomic E-state index is 0.0228. The molecule has 0 spiro atoms. The van der Waals surface area contributed by atoms with Crippen LogP contribution in [0.4, 0.5) is 11.4 Å². The molecule has 10 nitrogen and oxygen atoms in total. The number of benzene rings is 1. The molecule has 0 saturated carbocycles. The van der Waals surface area contributed by atoms with Crippen LogP contribution in [-0.4, -0.2) is 68.4 Å². The number of nitrogens with zero attached hydrogens (tertiary/aromatic N) is 3. The van der Waals surface area contributed by atoms with Crippen molar-refractivity contribution in [3.63, 3.8) is 0 Å². The van der Waals surface area contributed by atoms with E-state index in [0.717, 1.165) is 17.4 Å². The van der Waals surface area contributed by atoms with Crippen LogP contribution in [0, 0.1) is 10.1 Å². The molecule has 27 heavy (non-hydrogen) atoms. The standard InChI is InChI=1S/C17H24N4O6/c1-5-8-18-15(22)10-20(4)16(23)11-27-17(24)13-9-12(21(25)26)6-7-14(13)19(2)3/h6-7,9H,5,8,10-11H2,1-4H3,(H,18,22). The highest BCUT2D eigenvalue weighted by Crippen LogP contribution is 2.24. The first kappa shape index (κ1) is 21.9. The van der Waals surface area contributed by atoms with Crippen molar-refractivity contribution in [2.45, 2.75) is 13.3 Å². The number of nitrogens with one attached hydrogen (secondary N) is 1. The number of carbonyl (C=O) groups excluding carboxylic acids is 3. The number of likely N-dealkylation sites (N-methyl/N-ethyl adjacent to an activating group) is 1. The van der Waals surface area contributed by atoms with Gasteiger partial charge in [-0.2, -0.15) is 0 Å². The van der Waals surface area contributed by atoms with Crippen molar-refractivity contribution in [3.05, 3.63) is 33.9 Å². The number of rotatable bonds is 9. The van der Waals surface area contributed by atoms with Crippen molar-refractivity contribution in [3.8, 4) is 0 Å². The molecule has 0 heterocycles. The van der Waals surface area contributed by atoms with E-state index >= 15 is 0 Å². The van der Waals surface area contributed by atoms with Crippen LogP contribution in [0.2, 0.25) is 0 Å². The average molecular weight is 380 g/mol. The van der Waals surface area contributed by atoms with Gasteiger partial charge in [-0.15, -0.1) is 0 Å². The molecule has 2 amide bonds. The molecule has 1 aromatic carbocycles. The van der Waals surface area contributed by atoms with Gasteiger partial charge in [-0.3, -0.25) is 19.7 Å². The van der Waals surface area contributed by atoms with E-state index in [0.29, 0.717) is 12.2 Å². The summed E-state index contributed by atoms with van der Waals surface area (Å²) >= 11 is 0. The number of ether oxygens (including phenoxy) is 1. The molecule has 0 radical (unpaired) electrons. The fraction of sp³-hybridized carbons (Fsp3) is 0.471. The smallest absolute Gasteiger partial charge is 0.341 e. The zero-order chi connectivity index (χ0) is 20.6. The van der Waals surface area contributed by atoms with Crippen molar-refractivity contribution in [2.75, 3.05) is 45.7 Å². The Morgan fingerprint density at radius 3 is 2.44 bits per heavy atom. The number of nitro benzene ring substituents is 1. The van der Waals surface area contributed by atoms with Gasteiger partial charge in [0.25, 0.3) is 11.6 Å². The van der Waals surface area contributed by atoms with Gasteiger partial charge in [-0.25, -0.2) is 4.79 Å². The van der Waals surface area contributed by atoms with E-state index < -0.39 is 23.4 Å². The molecular weight excluding hydrogens is 356 g/mol. The Morgan fingerprint density at radius 2 is 1.89 bits per heavy atom. The van der Waals surface area contributed by atoms with E-state index in [1.165, 1.54) is 19.2 Å². The first-order chi connectivity index (χ1) is 12.7.